The third-order valence-electron chi connectivity index (χ3n) is 8.92. The standard InChI is InChI=1S/C44H62O5/c1-39(2,3)26-44(16,17)29-18-20-30(21-19-29)48-37(46)28-24-33(42(10,11)12)36(34(25-28)43(13,14)15)49-38(47)27-22-31(40(4,5)6)35(45)32(23-27)41(7,8)9/h18-25,45H,26H2,1-17H3. The van der Waals surface area contributed by atoms with Gasteiger partial charge < -0.3 is 14.6 Å². The zero-order chi connectivity index (χ0) is 37.7. The van der Waals surface area contributed by atoms with Crippen molar-refractivity contribution in [2.24, 2.45) is 5.41 Å². The van der Waals surface area contributed by atoms with Crippen molar-refractivity contribution in [1.29, 1.82) is 0 Å². The lowest BCUT2D eigenvalue weighted by molar-refractivity contribution is 0.0727. The van der Waals surface area contributed by atoms with Gasteiger partial charge in [-0.15, -0.1) is 0 Å². The van der Waals surface area contributed by atoms with E-state index in [0.717, 1.165) is 17.5 Å². The van der Waals surface area contributed by atoms with Gasteiger partial charge in [-0.05, 0) is 80.9 Å². The topological polar surface area (TPSA) is 72.8 Å². The molecular formula is C44H62O5. The molecule has 5 nitrogen and oxygen atoms in total. The van der Waals surface area contributed by atoms with Crippen LogP contribution in [0.15, 0.2) is 48.5 Å². The summed E-state index contributed by atoms with van der Waals surface area (Å²) < 4.78 is 12.3. The zero-order valence-electron chi connectivity index (χ0n) is 33.4. The van der Waals surface area contributed by atoms with Crippen LogP contribution in [0.1, 0.15) is 173 Å². The molecule has 0 unspecified atom stereocenters. The van der Waals surface area contributed by atoms with Crippen LogP contribution in [0.25, 0.3) is 0 Å². The Bertz CT molecular complexity index is 1620. The first kappa shape index (κ1) is 39.8. The Kier molecular flexibility index (Phi) is 10.8. The molecule has 0 heterocycles. The van der Waals surface area contributed by atoms with E-state index in [9.17, 15) is 14.7 Å². The van der Waals surface area contributed by atoms with Crippen molar-refractivity contribution in [3.05, 3.63) is 87.5 Å². The summed E-state index contributed by atoms with van der Waals surface area (Å²) >= 11 is 0. The van der Waals surface area contributed by atoms with Crippen LogP contribution in [0.5, 0.6) is 17.2 Å². The van der Waals surface area contributed by atoms with Crippen LogP contribution in [0.3, 0.4) is 0 Å². The van der Waals surface area contributed by atoms with Crippen molar-refractivity contribution in [2.45, 2.75) is 151 Å². The Morgan fingerprint density at radius 1 is 0.531 bits per heavy atom. The zero-order valence-corrected chi connectivity index (χ0v) is 33.4. The first-order valence-electron chi connectivity index (χ1n) is 17.5. The molecular weight excluding hydrogens is 608 g/mol. The highest BCUT2D eigenvalue weighted by atomic mass is 16.5. The molecule has 0 spiro atoms. The maximum atomic E-state index is 14.1. The van der Waals surface area contributed by atoms with Gasteiger partial charge in [0.25, 0.3) is 0 Å². The van der Waals surface area contributed by atoms with Crippen LogP contribution in [-0.4, -0.2) is 17.0 Å². The minimum Gasteiger partial charge on any atom is -0.507 e. The Morgan fingerprint density at radius 2 is 0.878 bits per heavy atom. The van der Waals surface area contributed by atoms with E-state index in [4.69, 9.17) is 9.47 Å². The van der Waals surface area contributed by atoms with Gasteiger partial charge in [0.15, 0.2) is 0 Å². The van der Waals surface area contributed by atoms with Crippen molar-refractivity contribution >= 4 is 11.9 Å². The monoisotopic (exact) mass is 670 g/mol. The van der Waals surface area contributed by atoms with Crippen LogP contribution >= 0.6 is 0 Å². The molecule has 0 atom stereocenters. The fraction of sp³-hybridized carbons (Fsp3) is 0.545. The Labute approximate surface area is 296 Å². The molecule has 5 heteroatoms. The van der Waals surface area contributed by atoms with Crippen molar-refractivity contribution in [3.8, 4) is 17.2 Å². The second-order valence-electron chi connectivity index (χ2n) is 19.7. The molecule has 0 radical (unpaired) electrons. The van der Waals surface area contributed by atoms with E-state index >= 15 is 0 Å². The van der Waals surface area contributed by atoms with Gasteiger partial charge in [-0.2, -0.15) is 0 Å². The summed E-state index contributed by atoms with van der Waals surface area (Å²) in [7, 11) is 0. The van der Waals surface area contributed by atoms with Crippen molar-refractivity contribution in [1.82, 2.24) is 0 Å². The molecule has 0 saturated heterocycles. The Hall–Kier alpha value is -3.60. The molecule has 0 aromatic heterocycles. The van der Waals surface area contributed by atoms with Crippen molar-refractivity contribution < 1.29 is 24.2 Å². The molecule has 0 aliphatic rings. The quantitative estimate of drug-likeness (QED) is 0.209. The number of phenolic OH excluding ortho intramolecular Hbond substituents is 1. The van der Waals surface area contributed by atoms with Gasteiger partial charge in [0.2, 0.25) is 0 Å². The predicted octanol–water partition coefficient (Wildman–Crippen LogP) is 11.7. The number of esters is 2. The molecule has 0 bridgehead atoms. The van der Waals surface area contributed by atoms with Crippen molar-refractivity contribution in [3.63, 3.8) is 0 Å². The summed E-state index contributed by atoms with van der Waals surface area (Å²) in [4.78, 5) is 27.8. The number of rotatable bonds is 6. The second kappa shape index (κ2) is 13.3. The molecule has 0 aliphatic heterocycles. The summed E-state index contributed by atoms with van der Waals surface area (Å²) in [5, 5.41) is 11.2. The highest BCUT2D eigenvalue weighted by molar-refractivity contribution is 5.94. The molecule has 268 valence electrons. The Morgan fingerprint density at radius 3 is 1.22 bits per heavy atom. The van der Waals surface area contributed by atoms with Gasteiger partial charge in [0.1, 0.15) is 17.2 Å². The van der Waals surface area contributed by atoms with E-state index in [2.05, 4.69) is 34.6 Å². The van der Waals surface area contributed by atoms with Crippen LogP contribution in [0.2, 0.25) is 0 Å². The maximum absolute atomic E-state index is 14.1. The third-order valence-corrected chi connectivity index (χ3v) is 8.92. The van der Waals surface area contributed by atoms with Crippen molar-refractivity contribution in [2.75, 3.05) is 0 Å². The lowest BCUT2D eigenvalue weighted by Crippen LogP contribution is -2.25. The number of hydrogen-bond acceptors (Lipinski definition) is 5. The van der Waals surface area contributed by atoms with Crippen LogP contribution in [-0.2, 0) is 27.1 Å². The number of ether oxygens (including phenoxy) is 2. The summed E-state index contributed by atoms with van der Waals surface area (Å²) in [5.41, 5.74) is 3.16. The minimum absolute atomic E-state index is 0.0277. The molecule has 1 N–H and O–H groups in total. The van der Waals surface area contributed by atoms with Crippen LogP contribution < -0.4 is 9.47 Å². The Balaban J connectivity index is 2.10. The molecule has 0 fully saturated rings. The summed E-state index contributed by atoms with van der Waals surface area (Å²) in [6.45, 7) is 35.5. The molecule has 3 rings (SSSR count). The molecule has 3 aromatic carbocycles. The van der Waals surface area contributed by atoms with Crippen LogP contribution in [0.4, 0.5) is 0 Å². The van der Waals surface area contributed by atoms with E-state index in [1.165, 1.54) is 5.56 Å². The van der Waals surface area contributed by atoms with E-state index in [0.29, 0.717) is 33.8 Å². The first-order valence-corrected chi connectivity index (χ1v) is 17.5. The smallest absolute Gasteiger partial charge is 0.343 e. The summed E-state index contributed by atoms with van der Waals surface area (Å²) in [6.07, 6.45) is 1.02. The van der Waals surface area contributed by atoms with Gasteiger partial charge in [0.05, 0.1) is 11.1 Å². The number of benzene rings is 3. The first-order chi connectivity index (χ1) is 21.9. The minimum atomic E-state index is -0.517. The van der Waals surface area contributed by atoms with Crippen LogP contribution in [0, 0.1) is 5.41 Å². The molecule has 3 aromatic rings. The summed E-state index contributed by atoms with van der Waals surface area (Å²) in [6, 6.07) is 14.9. The SMILES string of the molecule is CC(C)(C)CC(C)(C)c1ccc(OC(=O)c2cc(C(C)(C)C)c(OC(=O)c3cc(C(C)(C)C)c(O)c(C(C)(C)C)c3)c(C(C)(C)C)c2)cc1. The largest absolute Gasteiger partial charge is 0.507 e. The van der Waals surface area contributed by atoms with Gasteiger partial charge in [-0.25, -0.2) is 9.59 Å². The molecule has 0 aliphatic carbocycles. The molecule has 0 amide bonds. The predicted molar refractivity (Wildman–Crippen MR) is 203 cm³/mol. The van der Waals surface area contributed by atoms with E-state index in [-0.39, 0.29) is 16.6 Å². The fourth-order valence-electron chi connectivity index (χ4n) is 6.59. The second-order valence-corrected chi connectivity index (χ2v) is 19.7. The lowest BCUT2D eigenvalue weighted by Gasteiger charge is -2.33. The summed E-state index contributed by atoms with van der Waals surface area (Å²) in [5.74, 6) is 0.126. The number of aromatic hydroxyl groups is 1. The average molecular weight is 671 g/mol. The number of carbonyl (C=O) groups excluding carboxylic acids is 2. The third kappa shape index (κ3) is 9.77. The molecule has 0 saturated carbocycles. The van der Waals surface area contributed by atoms with Gasteiger partial charge >= 0.3 is 11.9 Å². The normalized spacial score (nSPS) is 13.3. The van der Waals surface area contributed by atoms with Gasteiger partial charge in [-0.1, -0.05) is 130 Å². The van der Waals surface area contributed by atoms with Gasteiger partial charge in [0, 0.05) is 22.3 Å². The van der Waals surface area contributed by atoms with E-state index in [1.54, 1.807) is 24.3 Å². The molecule has 49 heavy (non-hydrogen) atoms. The maximum Gasteiger partial charge on any atom is 0.343 e. The average Bonchev–Trinajstić information content (AvgIpc) is 2.89. The number of phenols is 1. The van der Waals surface area contributed by atoms with E-state index < -0.39 is 33.6 Å². The lowest BCUT2D eigenvalue weighted by atomic mass is 9.72. The van der Waals surface area contributed by atoms with E-state index in [1.807, 2.05) is 107 Å². The number of hydrogen-bond donors (Lipinski definition) is 1. The van der Waals surface area contributed by atoms with Gasteiger partial charge in [-0.3, -0.25) is 0 Å². The highest BCUT2D eigenvalue weighted by Crippen LogP contribution is 2.43. The number of carbonyl (C=O) groups is 2. The highest BCUT2D eigenvalue weighted by Gasteiger charge is 2.33. The fourth-order valence-corrected chi connectivity index (χ4v) is 6.59.